The Morgan fingerprint density at radius 3 is 1.70 bits per heavy atom. The van der Waals surface area contributed by atoms with Gasteiger partial charge in [-0.15, -0.1) is 0 Å². The first kappa shape index (κ1) is 28.0. The molecular weight excluding hydrogens is 600 g/mol. The van der Waals surface area contributed by atoms with Crippen LogP contribution in [0.1, 0.15) is 11.1 Å². The minimum atomic E-state index is -0.0426. The van der Waals surface area contributed by atoms with Crippen LogP contribution in [-0.4, -0.2) is 19.5 Å². The molecule has 0 spiro atoms. The molecule has 0 aliphatic rings. The Balaban J connectivity index is 0.000000128. The summed E-state index contributed by atoms with van der Waals surface area (Å²) in [5.41, 5.74) is 4.50. The van der Waals surface area contributed by atoms with Crippen molar-refractivity contribution < 1.29 is 0 Å². The third-order valence-corrected chi connectivity index (χ3v) is 8.00. The Morgan fingerprint density at radius 2 is 1.09 bits per heavy atom. The fourth-order valence-electron chi connectivity index (χ4n) is 5.17. The van der Waals surface area contributed by atoms with Crippen LogP contribution in [0.25, 0.3) is 43.4 Å². The molecule has 0 saturated carbocycles. The van der Waals surface area contributed by atoms with Crippen molar-refractivity contribution >= 4 is 59.3 Å². The summed E-state index contributed by atoms with van der Waals surface area (Å²) in [5, 5.41) is 6.63. The lowest BCUT2D eigenvalue weighted by Gasteiger charge is -2.08. The van der Waals surface area contributed by atoms with Gasteiger partial charge < -0.3 is 19.5 Å². The molecule has 43 heavy (non-hydrogen) atoms. The zero-order valence-corrected chi connectivity index (χ0v) is 24.8. The number of pyridine rings is 2. The van der Waals surface area contributed by atoms with Crippen LogP contribution in [0.15, 0.2) is 144 Å². The number of benzene rings is 4. The predicted molar refractivity (Wildman–Crippen MR) is 181 cm³/mol. The van der Waals surface area contributed by atoms with Gasteiger partial charge in [-0.2, -0.15) is 0 Å². The molecule has 0 amide bonds. The van der Waals surface area contributed by atoms with E-state index in [1.807, 2.05) is 116 Å². The highest BCUT2D eigenvalue weighted by Crippen LogP contribution is 2.22. The van der Waals surface area contributed by atoms with E-state index in [1.165, 1.54) is 5.56 Å². The molecule has 0 fully saturated rings. The molecule has 3 N–H and O–H groups in total. The number of alkyl halides is 1. The molecule has 4 heterocycles. The fraction of sp³-hybridized carbons (Fsp3) is 0.0556. The summed E-state index contributed by atoms with van der Waals surface area (Å²) in [4.78, 5) is 33.1. The zero-order chi connectivity index (χ0) is 29.6. The molecule has 4 aromatic heterocycles. The van der Waals surface area contributed by atoms with E-state index in [1.54, 1.807) is 10.8 Å². The second kappa shape index (κ2) is 12.8. The van der Waals surface area contributed by atoms with Gasteiger partial charge in [0.15, 0.2) is 0 Å². The molecular formula is C36H29BrN4O2. The standard InChI is InChI=1S/C18H14N2O.C11H8N2O.C7H7Br/c21-18-16-7-6-14-8-10-19-17(14)15(16)9-11-20(18)12-13-4-2-1-3-5-13;14-11-9-2-1-7-3-5-12-10(7)8(9)4-6-13-11;8-6-7-4-2-1-3-5-7/h1-11,19H,12H2;1-6,12H,(H,13,14);1-5H,6H2. The van der Waals surface area contributed by atoms with Crippen LogP contribution in [0.2, 0.25) is 0 Å². The third-order valence-electron chi connectivity index (χ3n) is 7.35. The van der Waals surface area contributed by atoms with Gasteiger partial charge in [-0.05, 0) is 47.5 Å². The molecule has 0 saturated heterocycles. The average molecular weight is 630 g/mol. The number of fused-ring (bicyclic) bond motifs is 6. The minimum absolute atomic E-state index is 0.0426. The van der Waals surface area contributed by atoms with E-state index in [-0.39, 0.29) is 11.1 Å². The monoisotopic (exact) mass is 628 g/mol. The lowest BCUT2D eigenvalue weighted by atomic mass is 10.1. The van der Waals surface area contributed by atoms with Crippen LogP contribution in [0.5, 0.6) is 0 Å². The number of aromatic amines is 3. The maximum absolute atomic E-state index is 12.6. The average Bonchev–Trinajstić information content (AvgIpc) is 3.75. The van der Waals surface area contributed by atoms with Crippen molar-refractivity contribution in [2.24, 2.45) is 0 Å². The molecule has 0 atom stereocenters. The number of nitrogens with zero attached hydrogens (tertiary/aromatic N) is 1. The highest BCUT2D eigenvalue weighted by Gasteiger charge is 2.07. The van der Waals surface area contributed by atoms with Crippen molar-refractivity contribution in [3.05, 3.63) is 166 Å². The van der Waals surface area contributed by atoms with Gasteiger partial charge in [0.25, 0.3) is 11.1 Å². The van der Waals surface area contributed by atoms with Crippen molar-refractivity contribution in [2.75, 3.05) is 0 Å². The van der Waals surface area contributed by atoms with Crippen molar-refractivity contribution in [1.82, 2.24) is 19.5 Å². The van der Waals surface area contributed by atoms with Gasteiger partial charge >= 0.3 is 0 Å². The summed E-state index contributed by atoms with van der Waals surface area (Å²) in [6.45, 7) is 0.596. The maximum Gasteiger partial charge on any atom is 0.258 e. The van der Waals surface area contributed by atoms with E-state index in [0.717, 1.165) is 54.2 Å². The van der Waals surface area contributed by atoms with E-state index in [0.29, 0.717) is 6.54 Å². The second-order valence-electron chi connectivity index (χ2n) is 10.1. The number of hydrogen-bond acceptors (Lipinski definition) is 2. The Hall–Kier alpha value is -5.14. The Bertz CT molecular complexity index is 2250. The lowest BCUT2D eigenvalue weighted by Crippen LogP contribution is -2.20. The van der Waals surface area contributed by atoms with E-state index >= 15 is 0 Å². The molecule has 0 aliphatic heterocycles. The van der Waals surface area contributed by atoms with Crippen LogP contribution in [0, 0.1) is 0 Å². The van der Waals surface area contributed by atoms with Gasteiger partial charge in [-0.3, -0.25) is 9.59 Å². The SMILES string of the molecule is BrCc1ccccc1.O=c1[nH]ccc2c1ccc1cc[nH]c12.O=c1c2ccc3cc[nH]c3c2ccn1Cc1ccccc1. The van der Waals surface area contributed by atoms with Crippen LogP contribution >= 0.6 is 15.9 Å². The largest absolute Gasteiger partial charge is 0.361 e. The lowest BCUT2D eigenvalue weighted by molar-refractivity contribution is 0.768. The number of H-pyrrole nitrogens is 3. The Kier molecular flexibility index (Phi) is 8.33. The first-order chi connectivity index (χ1) is 21.1. The fourth-order valence-corrected chi connectivity index (χ4v) is 5.54. The van der Waals surface area contributed by atoms with Gasteiger partial charge in [0.1, 0.15) is 0 Å². The molecule has 6 nitrogen and oxygen atoms in total. The van der Waals surface area contributed by atoms with Gasteiger partial charge in [-0.1, -0.05) is 88.7 Å². The third kappa shape index (κ3) is 6.08. The van der Waals surface area contributed by atoms with Crippen molar-refractivity contribution in [3.63, 3.8) is 0 Å². The quantitative estimate of drug-likeness (QED) is 0.173. The summed E-state index contributed by atoms with van der Waals surface area (Å²) >= 11 is 3.36. The van der Waals surface area contributed by atoms with Gasteiger partial charge in [0, 0.05) is 62.4 Å². The summed E-state index contributed by atoms with van der Waals surface area (Å²) in [6, 6.07) is 35.9. The van der Waals surface area contributed by atoms with Crippen LogP contribution in [0.3, 0.4) is 0 Å². The molecule has 4 aromatic carbocycles. The zero-order valence-electron chi connectivity index (χ0n) is 23.3. The Morgan fingerprint density at radius 1 is 0.535 bits per heavy atom. The maximum atomic E-state index is 12.6. The minimum Gasteiger partial charge on any atom is -0.361 e. The molecule has 0 aliphatic carbocycles. The molecule has 212 valence electrons. The summed E-state index contributed by atoms with van der Waals surface area (Å²) in [5.74, 6) is 0. The summed E-state index contributed by atoms with van der Waals surface area (Å²) in [6.07, 6.45) is 7.33. The Labute approximate surface area is 255 Å². The number of nitrogens with one attached hydrogen (secondary N) is 3. The number of rotatable bonds is 3. The molecule has 0 radical (unpaired) electrons. The highest BCUT2D eigenvalue weighted by molar-refractivity contribution is 9.08. The second-order valence-corrected chi connectivity index (χ2v) is 10.7. The smallest absolute Gasteiger partial charge is 0.258 e. The van der Waals surface area contributed by atoms with E-state index in [4.69, 9.17) is 0 Å². The number of halogens is 1. The molecule has 8 aromatic rings. The molecule has 0 unspecified atom stereocenters. The van der Waals surface area contributed by atoms with E-state index in [2.05, 4.69) is 43.0 Å². The van der Waals surface area contributed by atoms with Gasteiger partial charge in [0.05, 0.1) is 17.6 Å². The summed E-state index contributed by atoms with van der Waals surface area (Å²) < 4.78 is 1.76. The number of hydrogen-bond donors (Lipinski definition) is 3. The van der Waals surface area contributed by atoms with Crippen molar-refractivity contribution in [2.45, 2.75) is 11.9 Å². The van der Waals surface area contributed by atoms with Crippen molar-refractivity contribution in [1.29, 1.82) is 0 Å². The van der Waals surface area contributed by atoms with Gasteiger partial charge in [-0.25, -0.2) is 0 Å². The summed E-state index contributed by atoms with van der Waals surface area (Å²) in [7, 11) is 0. The predicted octanol–water partition coefficient (Wildman–Crippen LogP) is 8.12. The van der Waals surface area contributed by atoms with Crippen molar-refractivity contribution in [3.8, 4) is 0 Å². The van der Waals surface area contributed by atoms with Crippen LogP contribution in [0.4, 0.5) is 0 Å². The first-order valence-electron chi connectivity index (χ1n) is 13.9. The molecule has 7 heteroatoms. The molecule has 8 rings (SSSR count). The topological polar surface area (TPSA) is 86.4 Å². The van der Waals surface area contributed by atoms with Crippen LogP contribution < -0.4 is 11.1 Å². The number of aromatic nitrogens is 4. The van der Waals surface area contributed by atoms with Crippen LogP contribution in [-0.2, 0) is 11.9 Å². The highest BCUT2D eigenvalue weighted by atomic mass is 79.9. The van der Waals surface area contributed by atoms with Gasteiger partial charge in [0.2, 0.25) is 0 Å². The normalized spacial score (nSPS) is 10.8. The van der Waals surface area contributed by atoms with E-state index < -0.39 is 0 Å². The molecule has 0 bridgehead atoms. The first-order valence-corrected chi connectivity index (χ1v) is 15.0. The van der Waals surface area contributed by atoms with E-state index in [9.17, 15) is 9.59 Å².